The van der Waals surface area contributed by atoms with Gasteiger partial charge < -0.3 is 4.74 Å². The van der Waals surface area contributed by atoms with Crippen LogP contribution in [0.25, 0.3) is 16.7 Å². The topological polar surface area (TPSA) is 79.0 Å². The Kier molecular flexibility index (Phi) is 4.16. The molecule has 0 aliphatic carbocycles. The zero-order valence-electron chi connectivity index (χ0n) is 13.8. The normalized spacial score (nSPS) is 12.3. The van der Waals surface area contributed by atoms with Crippen molar-refractivity contribution < 1.29 is 9.53 Å². The summed E-state index contributed by atoms with van der Waals surface area (Å²) in [7, 11) is 0. The Balaban J connectivity index is 2.07. The number of benzene rings is 1. The molecule has 0 radical (unpaired) electrons. The van der Waals surface area contributed by atoms with Gasteiger partial charge in [-0.1, -0.05) is 17.7 Å². The van der Waals surface area contributed by atoms with E-state index in [4.69, 9.17) is 4.74 Å². The first-order chi connectivity index (χ1) is 11.5. The minimum absolute atomic E-state index is 0.263. The van der Waals surface area contributed by atoms with Gasteiger partial charge in [0.05, 0.1) is 18.5 Å². The zero-order chi connectivity index (χ0) is 17.3. The van der Waals surface area contributed by atoms with Gasteiger partial charge in [0.15, 0.2) is 5.65 Å². The molecule has 24 heavy (non-hydrogen) atoms. The molecule has 3 aromatic rings. The van der Waals surface area contributed by atoms with Crippen molar-refractivity contribution >= 4 is 17.0 Å². The molecule has 0 bridgehead atoms. The number of ether oxygens (including phenoxy) is 1. The van der Waals surface area contributed by atoms with Gasteiger partial charge >= 0.3 is 5.97 Å². The quantitative estimate of drug-likeness (QED) is 0.685. The molecule has 0 N–H and O–H groups in total. The molecule has 0 saturated heterocycles. The molecule has 0 unspecified atom stereocenters. The fraction of sp³-hybridized carbons (Fsp3) is 0.294. The Hall–Kier alpha value is -2.96. The molecule has 0 saturated carbocycles. The average molecular weight is 326 g/mol. The number of hydrogen-bond acceptors (Lipinski definition) is 5. The summed E-state index contributed by atoms with van der Waals surface area (Å²) in [6.45, 7) is 5.59. The van der Waals surface area contributed by atoms with Gasteiger partial charge in [-0.2, -0.15) is 5.10 Å². The smallest absolute Gasteiger partial charge is 0.328 e. The summed E-state index contributed by atoms with van der Waals surface area (Å²) >= 11 is 0. The number of nitrogens with zero attached hydrogens (tertiary/aromatic N) is 4. The van der Waals surface area contributed by atoms with Crippen molar-refractivity contribution in [2.24, 2.45) is 0 Å². The molecule has 0 spiro atoms. The van der Waals surface area contributed by atoms with Gasteiger partial charge in [0, 0.05) is 0 Å². The van der Waals surface area contributed by atoms with E-state index in [9.17, 15) is 9.59 Å². The summed E-state index contributed by atoms with van der Waals surface area (Å²) in [5.41, 5.74) is 2.09. The lowest BCUT2D eigenvalue weighted by Crippen LogP contribution is -2.29. The molecule has 0 amide bonds. The number of carbonyl (C=O) groups is 1. The highest BCUT2D eigenvalue weighted by atomic mass is 16.5. The number of esters is 1. The van der Waals surface area contributed by atoms with Crippen LogP contribution in [-0.4, -0.2) is 31.9 Å². The van der Waals surface area contributed by atoms with E-state index < -0.39 is 12.0 Å². The van der Waals surface area contributed by atoms with Gasteiger partial charge in [0.25, 0.3) is 5.56 Å². The maximum absolute atomic E-state index is 12.6. The Morgan fingerprint density at radius 1 is 1.29 bits per heavy atom. The van der Waals surface area contributed by atoms with E-state index >= 15 is 0 Å². The Bertz CT molecular complexity index is 941. The molecule has 0 aliphatic heterocycles. The molecule has 3 rings (SSSR count). The van der Waals surface area contributed by atoms with Crippen LogP contribution in [0.1, 0.15) is 25.5 Å². The van der Waals surface area contributed by atoms with Crippen LogP contribution in [0.15, 0.2) is 41.6 Å². The third-order valence-electron chi connectivity index (χ3n) is 3.84. The molecule has 0 fully saturated rings. The first kappa shape index (κ1) is 15.9. The maximum Gasteiger partial charge on any atom is 0.328 e. The first-order valence-corrected chi connectivity index (χ1v) is 7.71. The Labute approximate surface area is 138 Å². The first-order valence-electron chi connectivity index (χ1n) is 7.71. The van der Waals surface area contributed by atoms with E-state index in [1.54, 1.807) is 18.5 Å². The van der Waals surface area contributed by atoms with Crippen LogP contribution in [0.5, 0.6) is 0 Å². The van der Waals surface area contributed by atoms with Gasteiger partial charge in [-0.05, 0) is 32.9 Å². The second kappa shape index (κ2) is 6.27. The van der Waals surface area contributed by atoms with Crippen molar-refractivity contribution in [3.63, 3.8) is 0 Å². The van der Waals surface area contributed by atoms with Crippen LogP contribution >= 0.6 is 0 Å². The van der Waals surface area contributed by atoms with E-state index in [1.165, 1.54) is 17.1 Å². The van der Waals surface area contributed by atoms with Crippen LogP contribution in [-0.2, 0) is 9.53 Å². The summed E-state index contributed by atoms with van der Waals surface area (Å²) < 4.78 is 7.84. The van der Waals surface area contributed by atoms with Crippen molar-refractivity contribution in [1.82, 2.24) is 19.3 Å². The summed E-state index contributed by atoms with van der Waals surface area (Å²) in [5, 5.41) is 4.62. The monoisotopic (exact) mass is 326 g/mol. The van der Waals surface area contributed by atoms with Crippen molar-refractivity contribution in [3.8, 4) is 5.69 Å². The van der Waals surface area contributed by atoms with Crippen LogP contribution in [0, 0.1) is 6.92 Å². The molecule has 0 aliphatic rings. The molecule has 2 aromatic heterocycles. The van der Waals surface area contributed by atoms with Crippen LogP contribution in [0.2, 0.25) is 0 Å². The predicted octanol–water partition coefficient (Wildman–Crippen LogP) is 2.01. The number of aryl methyl sites for hydroxylation is 1. The molecule has 7 heteroatoms. The zero-order valence-corrected chi connectivity index (χ0v) is 13.8. The fourth-order valence-corrected chi connectivity index (χ4v) is 2.45. The Morgan fingerprint density at radius 2 is 2.00 bits per heavy atom. The molecule has 1 atom stereocenters. The van der Waals surface area contributed by atoms with Crippen molar-refractivity contribution in [1.29, 1.82) is 0 Å². The SMILES string of the molecule is CCOC(=O)[C@@H](C)n1cnc2c(cnn2-c2ccc(C)cc2)c1=O. The van der Waals surface area contributed by atoms with Gasteiger partial charge in [0.2, 0.25) is 0 Å². The summed E-state index contributed by atoms with van der Waals surface area (Å²) in [4.78, 5) is 28.8. The van der Waals surface area contributed by atoms with Crippen LogP contribution in [0.3, 0.4) is 0 Å². The van der Waals surface area contributed by atoms with Gasteiger partial charge in [-0.3, -0.25) is 9.36 Å². The number of carbonyl (C=O) groups excluding carboxylic acids is 1. The molecule has 124 valence electrons. The number of hydrogen-bond donors (Lipinski definition) is 0. The fourth-order valence-electron chi connectivity index (χ4n) is 2.45. The van der Waals surface area contributed by atoms with Gasteiger partial charge in [-0.25, -0.2) is 14.5 Å². The van der Waals surface area contributed by atoms with Crippen molar-refractivity contribution in [3.05, 3.63) is 52.7 Å². The summed E-state index contributed by atoms with van der Waals surface area (Å²) in [6.07, 6.45) is 2.83. The van der Waals surface area contributed by atoms with Gasteiger partial charge in [-0.15, -0.1) is 0 Å². The molecule has 7 nitrogen and oxygen atoms in total. The van der Waals surface area contributed by atoms with Crippen LogP contribution in [0.4, 0.5) is 0 Å². The van der Waals surface area contributed by atoms with Gasteiger partial charge in [0.1, 0.15) is 17.8 Å². The van der Waals surface area contributed by atoms with Crippen molar-refractivity contribution in [2.45, 2.75) is 26.8 Å². The van der Waals surface area contributed by atoms with E-state index in [0.717, 1.165) is 11.3 Å². The lowest BCUT2D eigenvalue weighted by Gasteiger charge is -2.13. The third-order valence-corrected chi connectivity index (χ3v) is 3.84. The largest absolute Gasteiger partial charge is 0.464 e. The third kappa shape index (κ3) is 2.68. The molecular formula is C17H18N4O3. The van der Waals surface area contributed by atoms with E-state index in [-0.39, 0.29) is 12.2 Å². The number of aromatic nitrogens is 4. The lowest BCUT2D eigenvalue weighted by atomic mass is 10.2. The lowest BCUT2D eigenvalue weighted by molar-refractivity contribution is -0.146. The second-order valence-corrected chi connectivity index (χ2v) is 5.51. The highest BCUT2D eigenvalue weighted by Gasteiger charge is 2.20. The maximum atomic E-state index is 12.6. The highest BCUT2D eigenvalue weighted by Crippen LogP contribution is 2.15. The number of fused-ring (bicyclic) bond motifs is 1. The number of rotatable bonds is 4. The predicted molar refractivity (Wildman–Crippen MR) is 89.2 cm³/mol. The highest BCUT2D eigenvalue weighted by molar-refractivity contribution is 5.77. The molecular weight excluding hydrogens is 308 g/mol. The average Bonchev–Trinajstić information content (AvgIpc) is 3.00. The Morgan fingerprint density at radius 3 is 2.67 bits per heavy atom. The summed E-state index contributed by atoms with van der Waals surface area (Å²) in [6, 6.07) is 7.02. The summed E-state index contributed by atoms with van der Waals surface area (Å²) in [5.74, 6) is -0.466. The van der Waals surface area contributed by atoms with Crippen LogP contribution < -0.4 is 5.56 Å². The van der Waals surface area contributed by atoms with E-state index in [1.807, 2.05) is 31.2 Å². The standard InChI is InChI=1S/C17H18N4O3/c1-4-24-17(23)12(3)20-10-18-15-14(16(20)22)9-19-21(15)13-7-5-11(2)6-8-13/h5-10,12H,4H2,1-3H3/t12-/m1/s1. The minimum atomic E-state index is -0.739. The van der Waals surface area contributed by atoms with E-state index in [2.05, 4.69) is 10.1 Å². The molecule has 1 aromatic carbocycles. The second-order valence-electron chi connectivity index (χ2n) is 5.51. The van der Waals surface area contributed by atoms with Crippen molar-refractivity contribution in [2.75, 3.05) is 6.61 Å². The molecule has 2 heterocycles. The van der Waals surface area contributed by atoms with E-state index in [0.29, 0.717) is 11.0 Å². The minimum Gasteiger partial charge on any atom is -0.464 e.